The van der Waals surface area contributed by atoms with Crippen LogP contribution in [0.15, 0.2) is 24.3 Å². The molecule has 0 spiro atoms. The number of nitrogens with zero attached hydrogens (tertiary/aromatic N) is 2. The molecule has 164 valence electrons. The maximum absolute atomic E-state index is 13.3. The Hall–Kier alpha value is -3.11. The number of amides is 1. The molecular weight excluding hydrogens is 424 g/mol. The predicted molar refractivity (Wildman–Crippen MR) is 114 cm³/mol. The molecule has 31 heavy (non-hydrogen) atoms. The normalized spacial score (nSPS) is 13.8. The SMILES string of the molecule is COCCN1Cc2cc(C(=O)OC)c3c(c2C1=O)c1cc(OC)ccc1n3S(C)(=O)=O. The van der Waals surface area contributed by atoms with Crippen LogP contribution in [0.4, 0.5) is 0 Å². The van der Waals surface area contributed by atoms with Gasteiger partial charge in [0.2, 0.25) is 10.0 Å². The van der Waals surface area contributed by atoms with Crippen LogP contribution in [0.1, 0.15) is 26.3 Å². The lowest BCUT2D eigenvalue weighted by Crippen LogP contribution is -2.27. The number of aromatic nitrogens is 1. The quantitative estimate of drug-likeness (QED) is 0.534. The highest BCUT2D eigenvalue weighted by Gasteiger charge is 2.35. The Balaban J connectivity index is 2.19. The van der Waals surface area contributed by atoms with Gasteiger partial charge in [-0.3, -0.25) is 4.79 Å². The molecule has 0 radical (unpaired) electrons. The van der Waals surface area contributed by atoms with E-state index in [1.807, 2.05) is 0 Å². The average molecular weight is 446 g/mol. The second-order valence-corrected chi connectivity index (χ2v) is 9.13. The third kappa shape index (κ3) is 3.22. The third-order valence-electron chi connectivity index (χ3n) is 5.44. The minimum atomic E-state index is -3.84. The Morgan fingerprint density at radius 1 is 1.16 bits per heavy atom. The minimum Gasteiger partial charge on any atom is -0.497 e. The largest absolute Gasteiger partial charge is 0.497 e. The van der Waals surface area contributed by atoms with E-state index in [1.54, 1.807) is 36.3 Å². The first kappa shape index (κ1) is 21.1. The lowest BCUT2D eigenvalue weighted by atomic mass is 9.98. The average Bonchev–Trinajstić information content (AvgIpc) is 3.24. The molecular formula is C21H22N2O7S. The predicted octanol–water partition coefficient (Wildman–Crippen LogP) is 2.00. The summed E-state index contributed by atoms with van der Waals surface area (Å²) in [5.74, 6) is -0.432. The highest BCUT2D eigenvalue weighted by molar-refractivity contribution is 7.89. The van der Waals surface area contributed by atoms with Crippen LogP contribution in [0.2, 0.25) is 0 Å². The molecule has 0 fully saturated rings. The van der Waals surface area contributed by atoms with E-state index in [2.05, 4.69) is 0 Å². The van der Waals surface area contributed by atoms with Gasteiger partial charge in [-0.05, 0) is 29.8 Å². The lowest BCUT2D eigenvalue weighted by molar-refractivity contribution is 0.0602. The molecule has 2 heterocycles. The Morgan fingerprint density at radius 3 is 2.52 bits per heavy atom. The van der Waals surface area contributed by atoms with E-state index >= 15 is 0 Å². The van der Waals surface area contributed by atoms with Crippen molar-refractivity contribution < 1.29 is 32.2 Å². The van der Waals surface area contributed by atoms with Crippen LogP contribution in [0, 0.1) is 0 Å². The van der Waals surface area contributed by atoms with Crippen molar-refractivity contribution >= 4 is 43.7 Å². The van der Waals surface area contributed by atoms with Crippen molar-refractivity contribution in [2.45, 2.75) is 6.54 Å². The monoisotopic (exact) mass is 446 g/mol. The number of hydrogen-bond donors (Lipinski definition) is 0. The summed E-state index contributed by atoms with van der Waals surface area (Å²) >= 11 is 0. The number of methoxy groups -OCH3 is 3. The summed E-state index contributed by atoms with van der Waals surface area (Å²) in [5, 5.41) is 0.894. The van der Waals surface area contributed by atoms with Crippen molar-refractivity contribution in [2.75, 3.05) is 40.7 Å². The minimum absolute atomic E-state index is 0.0817. The summed E-state index contributed by atoms with van der Waals surface area (Å²) in [7, 11) is 0.442. The van der Waals surface area contributed by atoms with Gasteiger partial charge in [0.25, 0.3) is 5.91 Å². The molecule has 3 aromatic rings. The molecule has 0 saturated heterocycles. The zero-order valence-corrected chi connectivity index (χ0v) is 18.4. The molecule has 0 N–H and O–H groups in total. The van der Waals surface area contributed by atoms with Crippen molar-refractivity contribution in [3.63, 3.8) is 0 Å². The van der Waals surface area contributed by atoms with Crippen molar-refractivity contribution in [1.82, 2.24) is 8.87 Å². The molecule has 0 aliphatic carbocycles. The highest BCUT2D eigenvalue weighted by Crippen LogP contribution is 2.41. The van der Waals surface area contributed by atoms with Gasteiger partial charge >= 0.3 is 5.97 Å². The van der Waals surface area contributed by atoms with E-state index in [1.165, 1.54) is 14.2 Å². The van der Waals surface area contributed by atoms with E-state index < -0.39 is 16.0 Å². The standard InChI is InChI=1S/C21H22N2O7S/c1-28-8-7-22-11-12-9-15(21(25)30-3)19-18(17(12)20(22)24)14-10-13(29-2)5-6-16(14)23(19)31(4,26)27/h5-6,9-10H,7-8,11H2,1-4H3. The number of esters is 1. The van der Waals surface area contributed by atoms with Crippen LogP contribution in [-0.4, -0.2) is 69.9 Å². The zero-order valence-electron chi connectivity index (χ0n) is 17.6. The summed E-state index contributed by atoms with van der Waals surface area (Å²) in [6.07, 6.45) is 1.05. The fraction of sp³-hybridized carbons (Fsp3) is 0.333. The Morgan fingerprint density at radius 2 is 1.90 bits per heavy atom. The van der Waals surface area contributed by atoms with Crippen LogP contribution < -0.4 is 4.74 Å². The van der Waals surface area contributed by atoms with Gasteiger partial charge in [-0.2, -0.15) is 0 Å². The number of rotatable bonds is 6. The van der Waals surface area contributed by atoms with Gasteiger partial charge in [-0.1, -0.05) is 0 Å². The summed E-state index contributed by atoms with van der Waals surface area (Å²) in [6, 6.07) is 6.45. The van der Waals surface area contributed by atoms with Gasteiger partial charge in [0.05, 0.1) is 49.2 Å². The van der Waals surface area contributed by atoms with Crippen LogP contribution in [0.25, 0.3) is 21.8 Å². The van der Waals surface area contributed by atoms with Crippen molar-refractivity contribution in [2.24, 2.45) is 0 Å². The van der Waals surface area contributed by atoms with Crippen molar-refractivity contribution in [3.8, 4) is 5.75 Å². The fourth-order valence-corrected chi connectivity index (χ4v) is 5.18. The van der Waals surface area contributed by atoms with Crippen LogP contribution in [0.3, 0.4) is 0 Å². The number of carbonyl (C=O) groups excluding carboxylic acids is 2. The van der Waals surface area contributed by atoms with Crippen LogP contribution >= 0.6 is 0 Å². The van der Waals surface area contributed by atoms with Gasteiger partial charge < -0.3 is 19.1 Å². The van der Waals surface area contributed by atoms with Crippen LogP contribution in [-0.2, 0) is 26.0 Å². The smallest absolute Gasteiger partial charge is 0.340 e. The van der Waals surface area contributed by atoms with E-state index in [9.17, 15) is 18.0 Å². The van der Waals surface area contributed by atoms with Crippen molar-refractivity contribution in [1.29, 1.82) is 0 Å². The van der Waals surface area contributed by atoms with E-state index in [0.29, 0.717) is 46.3 Å². The van der Waals surface area contributed by atoms with Gasteiger partial charge in [0.15, 0.2) is 0 Å². The first-order valence-electron chi connectivity index (χ1n) is 9.48. The number of hydrogen-bond acceptors (Lipinski definition) is 7. The zero-order chi connectivity index (χ0) is 22.5. The lowest BCUT2D eigenvalue weighted by Gasteiger charge is -2.14. The number of fused-ring (bicyclic) bond motifs is 5. The first-order valence-corrected chi connectivity index (χ1v) is 11.3. The van der Waals surface area contributed by atoms with Gasteiger partial charge in [-0.25, -0.2) is 17.2 Å². The molecule has 4 rings (SSSR count). The second kappa shape index (κ2) is 7.54. The van der Waals surface area contributed by atoms with Crippen molar-refractivity contribution in [3.05, 3.63) is 41.0 Å². The number of benzene rings is 2. The Bertz CT molecular complexity index is 1340. The van der Waals surface area contributed by atoms with Crippen LogP contribution in [0.5, 0.6) is 5.75 Å². The molecule has 0 unspecified atom stereocenters. The van der Waals surface area contributed by atoms with E-state index in [-0.39, 0.29) is 23.5 Å². The molecule has 0 atom stereocenters. The molecule has 10 heteroatoms. The fourth-order valence-electron chi connectivity index (χ4n) is 4.14. The summed E-state index contributed by atoms with van der Waals surface area (Å²) < 4.78 is 42.0. The summed E-state index contributed by atoms with van der Waals surface area (Å²) in [4.78, 5) is 27.6. The summed E-state index contributed by atoms with van der Waals surface area (Å²) in [5.41, 5.74) is 1.56. The molecule has 1 aliphatic rings. The molecule has 9 nitrogen and oxygen atoms in total. The van der Waals surface area contributed by atoms with E-state index in [4.69, 9.17) is 14.2 Å². The maximum atomic E-state index is 13.3. The number of carbonyl (C=O) groups is 2. The topological polar surface area (TPSA) is 104 Å². The van der Waals surface area contributed by atoms with Gasteiger partial charge in [0, 0.05) is 31.0 Å². The second-order valence-electron chi connectivity index (χ2n) is 7.30. The summed E-state index contributed by atoms with van der Waals surface area (Å²) in [6.45, 7) is 1.01. The van der Waals surface area contributed by atoms with Gasteiger partial charge in [-0.15, -0.1) is 0 Å². The molecule has 2 aromatic carbocycles. The molecule has 0 bridgehead atoms. The first-order chi connectivity index (χ1) is 14.7. The third-order valence-corrected chi connectivity index (χ3v) is 6.48. The number of ether oxygens (including phenoxy) is 3. The molecule has 1 aliphatic heterocycles. The van der Waals surface area contributed by atoms with Gasteiger partial charge in [0.1, 0.15) is 5.75 Å². The highest BCUT2D eigenvalue weighted by atomic mass is 32.2. The molecule has 0 saturated carbocycles. The molecule has 1 amide bonds. The maximum Gasteiger partial charge on any atom is 0.340 e. The van der Waals surface area contributed by atoms with E-state index in [0.717, 1.165) is 10.2 Å². The Kier molecular flexibility index (Phi) is 5.14. The molecule has 1 aromatic heterocycles. The Labute approximate surface area is 179 Å².